The van der Waals surface area contributed by atoms with Crippen molar-refractivity contribution in [1.82, 2.24) is 0 Å². The maximum atomic E-state index is 12.0. The minimum Gasteiger partial charge on any atom is -0.455 e. The summed E-state index contributed by atoms with van der Waals surface area (Å²) in [6.07, 6.45) is 22.8. The van der Waals surface area contributed by atoms with E-state index in [9.17, 15) is 14.5 Å². The van der Waals surface area contributed by atoms with E-state index in [2.05, 4.69) is 32.5 Å². The Morgan fingerprint density at radius 2 is 1.28 bits per heavy atom. The number of hydrogen-bond donors (Lipinski definition) is 1. The van der Waals surface area contributed by atoms with Crippen molar-refractivity contribution in [3.05, 3.63) is 0 Å². The predicted molar refractivity (Wildman–Crippen MR) is 167 cm³/mol. The first-order valence-corrected chi connectivity index (χ1v) is 18.0. The molecule has 0 heterocycles. The van der Waals surface area contributed by atoms with Gasteiger partial charge in [-0.3, -0.25) is 0 Å². The van der Waals surface area contributed by atoms with E-state index in [-0.39, 0.29) is 12.7 Å². The van der Waals surface area contributed by atoms with Crippen molar-refractivity contribution in [3.63, 3.8) is 0 Å². The minimum absolute atomic E-state index is 0.0687. The van der Waals surface area contributed by atoms with Crippen LogP contribution in [0.25, 0.3) is 0 Å². The van der Waals surface area contributed by atoms with Gasteiger partial charge in [-0.2, -0.15) is 11.8 Å². The third-order valence-electron chi connectivity index (χ3n) is 6.93. The summed E-state index contributed by atoms with van der Waals surface area (Å²) in [6, 6.07) is 0. The van der Waals surface area contributed by atoms with Crippen LogP contribution >= 0.6 is 20.2 Å². The highest BCUT2D eigenvalue weighted by Crippen LogP contribution is 2.26. The molecule has 0 aromatic heterocycles. The first kappa shape index (κ1) is 38.8. The fourth-order valence-corrected chi connectivity index (χ4v) is 6.14. The summed E-state index contributed by atoms with van der Waals surface area (Å²) in [4.78, 5) is 12.0. The van der Waals surface area contributed by atoms with Crippen LogP contribution in [0.2, 0.25) is 0 Å². The summed E-state index contributed by atoms with van der Waals surface area (Å²) in [5.41, 5.74) is -2.40. The number of thioether (sulfide) groups is 1. The SMILES string of the molecule is CCCCCCCCCCCCCSC(CCCCCCC)C(C)OCCCOC(O)([PH+]=O)C(=O)OC(C)C. The van der Waals surface area contributed by atoms with Crippen LogP contribution in [0.15, 0.2) is 0 Å². The van der Waals surface area contributed by atoms with Crippen LogP contribution in [-0.4, -0.2) is 53.0 Å². The molecule has 1 N–H and O–H groups in total. The lowest BCUT2D eigenvalue weighted by molar-refractivity contribution is -0.199. The highest BCUT2D eigenvalue weighted by molar-refractivity contribution is 7.99. The van der Waals surface area contributed by atoms with Gasteiger partial charge < -0.3 is 19.3 Å². The van der Waals surface area contributed by atoms with Gasteiger partial charge in [-0.1, -0.05) is 115 Å². The molecule has 0 saturated carbocycles. The maximum absolute atomic E-state index is 12.0. The lowest BCUT2D eigenvalue weighted by Crippen LogP contribution is -2.39. The number of rotatable bonds is 29. The van der Waals surface area contributed by atoms with Crippen molar-refractivity contribution < 1.29 is 28.7 Å². The summed E-state index contributed by atoms with van der Waals surface area (Å²) in [7, 11) is -1.35. The third-order valence-corrected chi connectivity index (χ3v) is 9.13. The number of hydrogen-bond acceptors (Lipinski definition) is 7. The smallest absolute Gasteiger partial charge is 0.455 e. The quantitative estimate of drug-likeness (QED) is 0.0401. The number of carbonyl (C=O) groups excluding carboxylic acids is 1. The number of ether oxygens (including phenoxy) is 3. The van der Waals surface area contributed by atoms with Crippen molar-refractivity contribution in [2.24, 2.45) is 0 Å². The van der Waals surface area contributed by atoms with Gasteiger partial charge in [0.25, 0.3) is 0 Å². The van der Waals surface area contributed by atoms with Gasteiger partial charge in [-0.15, -0.1) is 0 Å². The van der Waals surface area contributed by atoms with E-state index in [0.29, 0.717) is 18.3 Å². The van der Waals surface area contributed by atoms with Crippen LogP contribution in [-0.2, 0) is 23.6 Å². The third kappa shape index (κ3) is 22.1. The summed E-state index contributed by atoms with van der Waals surface area (Å²) >= 11 is 2.06. The van der Waals surface area contributed by atoms with Crippen LogP contribution in [0.3, 0.4) is 0 Å². The van der Waals surface area contributed by atoms with E-state index in [1.54, 1.807) is 13.8 Å². The average molecular weight is 594 g/mol. The van der Waals surface area contributed by atoms with Crippen molar-refractivity contribution >= 4 is 26.2 Å². The minimum atomic E-state index is -2.40. The Labute approximate surface area is 246 Å². The van der Waals surface area contributed by atoms with Gasteiger partial charge in [-0.25, -0.2) is 4.79 Å². The standard InChI is InChI=1S/C31H61O6PS/c1-6-8-10-12-13-14-15-16-17-19-21-26-39-29(23-20-18-11-9-7-2)28(5)35-24-22-25-36-31(33,38-34)30(32)37-27(3)4/h27-29,33H,6-26H2,1-5H3/p+1. The van der Waals surface area contributed by atoms with E-state index in [1.807, 2.05) is 0 Å². The lowest BCUT2D eigenvalue weighted by atomic mass is 10.1. The molecule has 0 fully saturated rings. The molecule has 0 aromatic carbocycles. The first-order valence-electron chi connectivity index (χ1n) is 16.0. The van der Waals surface area contributed by atoms with E-state index < -0.39 is 26.1 Å². The zero-order valence-corrected chi connectivity index (χ0v) is 27.8. The van der Waals surface area contributed by atoms with Crippen molar-refractivity contribution in [3.8, 4) is 0 Å². The molecule has 0 aliphatic carbocycles. The molecule has 4 atom stereocenters. The predicted octanol–water partition coefficient (Wildman–Crippen LogP) is 9.19. The number of esters is 1. The molecule has 0 saturated heterocycles. The van der Waals surface area contributed by atoms with Gasteiger partial charge >= 0.3 is 20.0 Å². The summed E-state index contributed by atoms with van der Waals surface area (Å²) in [5.74, 6) is 0.171. The second kappa shape index (κ2) is 26.7. The first-order chi connectivity index (χ1) is 18.8. The second-order valence-electron chi connectivity index (χ2n) is 11.1. The Hall–Kier alpha value is -0.200. The summed E-state index contributed by atoms with van der Waals surface area (Å²) < 4.78 is 27.7. The molecule has 4 unspecified atom stereocenters. The molecule has 232 valence electrons. The molecule has 0 amide bonds. The molecule has 39 heavy (non-hydrogen) atoms. The Bertz CT molecular complexity index is 579. The Morgan fingerprint density at radius 3 is 1.79 bits per heavy atom. The van der Waals surface area contributed by atoms with Gasteiger partial charge in [0.05, 0.1) is 18.8 Å². The molecule has 0 aliphatic heterocycles. The van der Waals surface area contributed by atoms with Crippen molar-refractivity contribution in [1.29, 1.82) is 0 Å². The highest BCUT2D eigenvalue weighted by atomic mass is 32.2. The Morgan fingerprint density at radius 1 is 0.769 bits per heavy atom. The van der Waals surface area contributed by atoms with Crippen LogP contribution in [0.5, 0.6) is 0 Å². The van der Waals surface area contributed by atoms with E-state index in [0.717, 1.165) is 0 Å². The number of aliphatic hydroxyl groups is 1. The van der Waals surface area contributed by atoms with Crippen LogP contribution in [0.4, 0.5) is 0 Å². The number of unbranched alkanes of at least 4 members (excludes halogenated alkanes) is 14. The molecular formula is C31H62O6PS+. The monoisotopic (exact) mass is 593 g/mol. The van der Waals surface area contributed by atoms with Crippen LogP contribution in [0.1, 0.15) is 150 Å². The average Bonchev–Trinajstić information content (AvgIpc) is 2.91. The van der Waals surface area contributed by atoms with E-state index in [4.69, 9.17) is 14.2 Å². The lowest BCUT2D eigenvalue weighted by Gasteiger charge is -2.24. The maximum Gasteiger partial charge on any atom is 0.470 e. The van der Waals surface area contributed by atoms with Crippen LogP contribution in [0, 0.1) is 0 Å². The van der Waals surface area contributed by atoms with Gasteiger partial charge in [0, 0.05) is 11.9 Å². The van der Waals surface area contributed by atoms with Crippen LogP contribution < -0.4 is 0 Å². The zero-order chi connectivity index (χ0) is 29.2. The molecule has 0 aromatic rings. The van der Waals surface area contributed by atoms with Gasteiger partial charge in [-0.05, 0) is 45.8 Å². The van der Waals surface area contributed by atoms with Gasteiger partial charge in [0.1, 0.15) is 0 Å². The molecule has 0 bridgehead atoms. The van der Waals surface area contributed by atoms with Gasteiger partial charge in [0.15, 0.2) is 0 Å². The largest absolute Gasteiger partial charge is 0.470 e. The Kier molecular flexibility index (Phi) is 26.5. The summed E-state index contributed by atoms with van der Waals surface area (Å²) in [5, 5.41) is 10.7. The fourth-order valence-electron chi connectivity index (χ4n) is 4.48. The topological polar surface area (TPSA) is 82.1 Å². The fraction of sp³-hybridized carbons (Fsp3) is 0.968. The van der Waals surface area contributed by atoms with Crippen molar-refractivity contribution in [2.45, 2.75) is 173 Å². The molecule has 0 spiro atoms. The van der Waals surface area contributed by atoms with Gasteiger partial charge in [0.2, 0.25) is 0 Å². The van der Waals surface area contributed by atoms with E-state index in [1.165, 1.54) is 115 Å². The van der Waals surface area contributed by atoms with Crippen molar-refractivity contribution in [2.75, 3.05) is 19.0 Å². The summed E-state index contributed by atoms with van der Waals surface area (Å²) in [6.45, 7) is 10.5. The van der Waals surface area contributed by atoms with E-state index >= 15 is 0 Å². The highest BCUT2D eigenvalue weighted by Gasteiger charge is 2.49. The molecule has 6 nitrogen and oxygen atoms in total. The molecule has 0 rings (SSSR count). The molecule has 0 aliphatic rings. The number of carbonyl (C=O) groups is 1. The molecular weight excluding hydrogens is 531 g/mol. The molecule has 0 radical (unpaired) electrons. The normalized spacial score (nSPS) is 14.9. The zero-order valence-electron chi connectivity index (χ0n) is 26.0. The molecule has 8 heteroatoms. The Balaban J connectivity index is 4.28. The second-order valence-corrected chi connectivity index (χ2v) is 13.4.